The molecular formula is C24H25N5OS. The van der Waals surface area contributed by atoms with E-state index in [4.69, 9.17) is 0 Å². The predicted molar refractivity (Wildman–Crippen MR) is 126 cm³/mol. The Labute approximate surface area is 186 Å². The lowest BCUT2D eigenvalue weighted by Crippen LogP contribution is -2.16. The van der Waals surface area contributed by atoms with Crippen molar-refractivity contribution in [1.82, 2.24) is 19.7 Å². The second-order valence-electron chi connectivity index (χ2n) is 7.87. The first kappa shape index (κ1) is 21.1. The van der Waals surface area contributed by atoms with Crippen molar-refractivity contribution < 1.29 is 4.79 Å². The van der Waals surface area contributed by atoms with Crippen molar-refractivity contribution in [3.63, 3.8) is 0 Å². The first-order valence-electron chi connectivity index (χ1n) is 10.1. The molecule has 6 nitrogen and oxygen atoms in total. The zero-order valence-electron chi connectivity index (χ0n) is 18.4. The van der Waals surface area contributed by atoms with Crippen molar-refractivity contribution in [3.8, 4) is 5.69 Å². The van der Waals surface area contributed by atoms with E-state index >= 15 is 0 Å². The van der Waals surface area contributed by atoms with E-state index in [0.29, 0.717) is 0 Å². The van der Waals surface area contributed by atoms with Crippen LogP contribution in [0.3, 0.4) is 0 Å². The second kappa shape index (κ2) is 8.51. The van der Waals surface area contributed by atoms with Crippen LogP contribution in [-0.2, 0) is 4.79 Å². The zero-order valence-corrected chi connectivity index (χ0v) is 19.2. The van der Waals surface area contributed by atoms with Gasteiger partial charge in [0, 0.05) is 5.69 Å². The fourth-order valence-electron chi connectivity index (χ4n) is 3.84. The SMILES string of the molecule is Cc1ccc(-n2ncc3c(SCC(=O)Nc4c(C)cc(C)cc4C)ncnc32)c(C)c1. The Hall–Kier alpha value is -3.19. The molecule has 2 aromatic heterocycles. The first-order chi connectivity index (χ1) is 14.8. The van der Waals surface area contributed by atoms with E-state index in [0.717, 1.165) is 44.1 Å². The molecule has 0 saturated carbocycles. The lowest BCUT2D eigenvalue weighted by atomic mass is 10.1. The van der Waals surface area contributed by atoms with E-state index in [1.54, 1.807) is 6.20 Å². The van der Waals surface area contributed by atoms with Gasteiger partial charge in [0.25, 0.3) is 0 Å². The third-order valence-electron chi connectivity index (χ3n) is 5.19. The molecule has 158 valence electrons. The molecule has 2 heterocycles. The minimum absolute atomic E-state index is 0.0615. The summed E-state index contributed by atoms with van der Waals surface area (Å²) < 4.78 is 1.83. The molecule has 31 heavy (non-hydrogen) atoms. The maximum absolute atomic E-state index is 12.6. The Kier molecular flexibility index (Phi) is 5.78. The third-order valence-corrected chi connectivity index (χ3v) is 6.20. The normalized spacial score (nSPS) is 11.1. The van der Waals surface area contributed by atoms with Gasteiger partial charge in [0.2, 0.25) is 5.91 Å². The summed E-state index contributed by atoms with van der Waals surface area (Å²) in [5.74, 6) is 0.196. The molecule has 4 aromatic rings. The van der Waals surface area contributed by atoms with Gasteiger partial charge < -0.3 is 5.32 Å². The average molecular weight is 432 g/mol. The molecule has 1 N–H and O–H groups in total. The molecular weight excluding hydrogens is 406 g/mol. The Balaban J connectivity index is 1.55. The molecule has 4 rings (SSSR count). The van der Waals surface area contributed by atoms with Gasteiger partial charge in [0.15, 0.2) is 5.65 Å². The number of hydrogen-bond acceptors (Lipinski definition) is 5. The Morgan fingerprint density at radius 1 is 0.968 bits per heavy atom. The number of fused-ring (bicyclic) bond motifs is 1. The number of hydrogen-bond donors (Lipinski definition) is 1. The summed E-state index contributed by atoms with van der Waals surface area (Å²) in [6, 6.07) is 10.4. The molecule has 0 unspecified atom stereocenters. The zero-order chi connectivity index (χ0) is 22.1. The molecule has 0 atom stereocenters. The number of aromatic nitrogens is 4. The fourth-order valence-corrected chi connectivity index (χ4v) is 4.60. The minimum Gasteiger partial charge on any atom is -0.325 e. The van der Waals surface area contributed by atoms with Crippen LogP contribution in [-0.4, -0.2) is 31.4 Å². The number of carbonyl (C=O) groups is 1. The predicted octanol–water partition coefficient (Wildman–Crippen LogP) is 5.09. The lowest BCUT2D eigenvalue weighted by Gasteiger charge is -2.12. The van der Waals surface area contributed by atoms with Gasteiger partial charge in [-0.1, -0.05) is 47.2 Å². The highest BCUT2D eigenvalue weighted by Gasteiger charge is 2.15. The maximum Gasteiger partial charge on any atom is 0.234 e. The highest BCUT2D eigenvalue weighted by molar-refractivity contribution is 8.00. The number of nitrogens with one attached hydrogen (secondary N) is 1. The smallest absolute Gasteiger partial charge is 0.234 e. The molecule has 0 aliphatic rings. The van der Waals surface area contributed by atoms with Crippen molar-refractivity contribution >= 4 is 34.4 Å². The van der Waals surface area contributed by atoms with Gasteiger partial charge in [0.05, 0.1) is 23.0 Å². The topological polar surface area (TPSA) is 72.7 Å². The van der Waals surface area contributed by atoms with Crippen molar-refractivity contribution in [1.29, 1.82) is 0 Å². The Morgan fingerprint density at radius 3 is 2.39 bits per heavy atom. The molecule has 1 amide bonds. The van der Waals surface area contributed by atoms with Crippen LogP contribution in [0.25, 0.3) is 16.7 Å². The van der Waals surface area contributed by atoms with Gasteiger partial charge >= 0.3 is 0 Å². The van der Waals surface area contributed by atoms with Crippen molar-refractivity contribution in [2.45, 2.75) is 39.6 Å². The van der Waals surface area contributed by atoms with Crippen molar-refractivity contribution in [2.75, 3.05) is 11.1 Å². The van der Waals surface area contributed by atoms with Crippen molar-refractivity contribution in [2.24, 2.45) is 0 Å². The summed E-state index contributed by atoms with van der Waals surface area (Å²) in [7, 11) is 0. The molecule has 7 heteroatoms. The van der Waals surface area contributed by atoms with Crippen LogP contribution < -0.4 is 5.32 Å². The van der Waals surface area contributed by atoms with E-state index in [1.165, 1.54) is 29.2 Å². The molecule has 0 saturated heterocycles. The number of nitrogens with zero attached hydrogens (tertiary/aromatic N) is 4. The average Bonchev–Trinajstić information content (AvgIpc) is 3.13. The fraction of sp³-hybridized carbons (Fsp3) is 0.250. The largest absolute Gasteiger partial charge is 0.325 e. The van der Waals surface area contributed by atoms with E-state index in [1.807, 2.05) is 24.6 Å². The number of rotatable bonds is 5. The third kappa shape index (κ3) is 4.32. The molecule has 0 aliphatic heterocycles. The van der Waals surface area contributed by atoms with E-state index in [9.17, 15) is 4.79 Å². The number of carbonyl (C=O) groups excluding carboxylic acids is 1. The molecule has 0 fully saturated rings. The van der Waals surface area contributed by atoms with Crippen molar-refractivity contribution in [3.05, 3.63) is 70.7 Å². The number of thioether (sulfide) groups is 1. The van der Waals surface area contributed by atoms with Crippen LogP contribution in [0.2, 0.25) is 0 Å². The van der Waals surface area contributed by atoms with Crippen LogP contribution in [0.5, 0.6) is 0 Å². The first-order valence-corrected chi connectivity index (χ1v) is 11.1. The van der Waals surface area contributed by atoms with Gasteiger partial charge in [-0.3, -0.25) is 4.79 Å². The van der Waals surface area contributed by atoms with Gasteiger partial charge in [-0.05, 0) is 57.4 Å². The molecule has 0 aliphatic carbocycles. The number of amides is 1. The van der Waals surface area contributed by atoms with Crippen LogP contribution in [0.1, 0.15) is 27.8 Å². The molecule has 0 bridgehead atoms. The number of benzene rings is 2. The van der Waals surface area contributed by atoms with Crippen LogP contribution in [0, 0.1) is 34.6 Å². The molecule has 2 aromatic carbocycles. The summed E-state index contributed by atoms with van der Waals surface area (Å²) in [5.41, 5.74) is 8.24. The van der Waals surface area contributed by atoms with Gasteiger partial charge in [-0.2, -0.15) is 5.10 Å². The summed E-state index contributed by atoms with van der Waals surface area (Å²) in [6.07, 6.45) is 3.29. The highest BCUT2D eigenvalue weighted by Crippen LogP contribution is 2.28. The van der Waals surface area contributed by atoms with Crippen LogP contribution >= 0.6 is 11.8 Å². The van der Waals surface area contributed by atoms with Gasteiger partial charge in [-0.25, -0.2) is 14.6 Å². The van der Waals surface area contributed by atoms with E-state index in [-0.39, 0.29) is 11.7 Å². The minimum atomic E-state index is -0.0615. The number of aryl methyl sites for hydroxylation is 5. The summed E-state index contributed by atoms with van der Waals surface area (Å²) >= 11 is 1.39. The maximum atomic E-state index is 12.6. The Bertz CT molecular complexity index is 1270. The molecule has 0 spiro atoms. The molecule has 0 radical (unpaired) electrons. The van der Waals surface area contributed by atoms with Crippen LogP contribution in [0.15, 0.2) is 47.9 Å². The summed E-state index contributed by atoms with van der Waals surface area (Å²) in [5, 5.41) is 9.17. The van der Waals surface area contributed by atoms with E-state index in [2.05, 4.69) is 65.4 Å². The Morgan fingerprint density at radius 2 is 1.68 bits per heavy atom. The van der Waals surface area contributed by atoms with Gasteiger partial charge in [-0.15, -0.1) is 0 Å². The number of anilines is 1. The summed E-state index contributed by atoms with van der Waals surface area (Å²) in [4.78, 5) is 21.5. The summed E-state index contributed by atoms with van der Waals surface area (Å²) in [6.45, 7) is 10.2. The highest BCUT2D eigenvalue weighted by atomic mass is 32.2. The lowest BCUT2D eigenvalue weighted by molar-refractivity contribution is -0.113. The van der Waals surface area contributed by atoms with Gasteiger partial charge in [0.1, 0.15) is 11.4 Å². The quantitative estimate of drug-likeness (QED) is 0.352. The van der Waals surface area contributed by atoms with E-state index < -0.39 is 0 Å². The standard InChI is InChI=1S/C24H25N5OS/c1-14-6-7-20(16(3)8-14)29-23-19(11-27-29)24(26-13-25-23)31-12-21(30)28-22-17(4)9-15(2)10-18(22)5/h6-11,13H,12H2,1-5H3,(H,28,30). The second-order valence-corrected chi connectivity index (χ2v) is 8.84. The van der Waals surface area contributed by atoms with Crippen LogP contribution in [0.4, 0.5) is 5.69 Å². The monoisotopic (exact) mass is 431 g/mol.